The van der Waals surface area contributed by atoms with Crippen LogP contribution in [0.4, 0.5) is 4.39 Å². The molecular formula is C16H17FN4S. The van der Waals surface area contributed by atoms with Crippen LogP contribution in [-0.4, -0.2) is 25.9 Å². The van der Waals surface area contributed by atoms with Crippen LogP contribution < -0.4 is 0 Å². The van der Waals surface area contributed by atoms with E-state index in [9.17, 15) is 4.39 Å². The normalized spacial score (nSPS) is 16.6. The largest absolute Gasteiger partial charge is 0.338 e. The Morgan fingerprint density at radius 1 is 1.18 bits per heavy atom. The minimum absolute atomic E-state index is 0.272. The van der Waals surface area contributed by atoms with Crippen molar-refractivity contribution in [3.05, 3.63) is 24.0 Å². The van der Waals surface area contributed by atoms with Gasteiger partial charge in [-0.15, -0.1) is 10.2 Å². The van der Waals surface area contributed by atoms with Crippen LogP contribution in [0.5, 0.6) is 0 Å². The molecule has 6 heteroatoms. The minimum Gasteiger partial charge on any atom is -0.338 e. The summed E-state index contributed by atoms with van der Waals surface area (Å²) in [6.07, 6.45) is 6.69. The van der Waals surface area contributed by atoms with Gasteiger partial charge < -0.3 is 4.98 Å². The van der Waals surface area contributed by atoms with E-state index in [2.05, 4.69) is 20.2 Å². The number of nitrogens with one attached hydrogen (secondary N) is 1. The zero-order valence-corrected chi connectivity index (χ0v) is 13.0. The Balaban J connectivity index is 1.59. The summed E-state index contributed by atoms with van der Waals surface area (Å²) in [4.78, 5) is 7.73. The fraction of sp³-hybridized carbons (Fsp3) is 0.438. The Kier molecular flexibility index (Phi) is 3.70. The summed E-state index contributed by atoms with van der Waals surface area (Å²) in [6.45, 7) is 0. The lowest BCUT2D eigenvalue weighted by Crippen LogP contribution is -2.09. The molecule has 2 aromatic heterocycles. The first-order chi connectivity index (χ1) is 10.8. The summed E-state index contributed by atoms with van der Waals surface area (Å²) in [5.74, 6) is 1.56. The second-order valence-corrected chi connectivity index (χ2v) is 6.91. The zero-order chi connectivity index (χ0) is 14.9. The highest BCUT2D eigenvalue weighted by Gasteiger charge is 2.15. The van der Waals surface area contributed by atoms with Gasteiger partial charge in [0.15, 0.2) is 5.65 Å². The van der Waals surface area contributed by atoms with E-state index < -0.39 is 0 Å². The van der Waals surface area contributed by atoms with Crippen molar-refractivity contribution in [2.75, 3.05) is 5.75 Å². The Morgan fingerprint density at radius 3 is 2.91 bits per heavy atom. The van der Waals surface area contributed by atoms with Gasteiger partial charge in [0.25, 0.3) is 0 Å². The molecule has 1 aliphatic carbocycles. The maximum absolute atomic E-state index is 13.4. The van der Waals surface area contributed by atoms with Crippen molar-refractivity contribution in [2.24, 2.45) is 5.92 Å². The lowest BCUT2D eigenvalue weighted by Gasteiger charge is -2.20. The first-order valence-electron chi connectivity index (χ1n) is 7.74. The number of benzene rings is 1. The molecule has 0 atom stereocenters. The number of thioether (sulfide) groups is 1. The number of hydrogen-bond donors (Lipinski definition) is 1. The number of aromatic nitrogens is 4. The fourth-order valence-electron chi connectivity index (χ4n) is 3.14. The number of halogens is 1. The van der Waals surface area contributed by atoms with Crippen molar-refractivity contribution in [2.45, 2.75) is 37.3 Å². The van der Waals surface area contributed by atoms with Crippen molar-refractivity contribution in [3.63, 3.8) is 0 Å². The highest BCUT2D eigenvalue weighted by molar-refractivity contribution is 7.99. The van der Waals surface area contributed by atoms with E-state index in [0.717, 1.165) is 22.6 Å². The van der Waals surface area contributed by atoms with Gasteiger partial charge in [-0.05, 0) is 37.0 Å². The molecule has 1 fully saturated rings. The Bertz CT molecular complexity index is 810. The number of nitrogens with zero attached hydrogens (tertiary/aromatic N) is 3. The summed E-state index contributed by atoms with van der Waals surface area (Å²) in [6, 6.07) is 4.62. The van der Waals surface area contributed by atoms with E-state index in [0.29, 0.717) is 16.3 Å². The molecule has 0 spiro atoms. The Morgan fingerprint density at radius 2 is 2.05 bits per heavy atom. The average molecular weight is 316 g/mol. The molecule has 0 aliphatic heterocycles. The van der Waals surface area contributed by atoms with E-state index >= 15 is 0 Å². The van der Waals surface area contributed by atoms with Crippen LogP contribution in [-0.2, 0) is 0 Å². The molecule has 3 aromatic rings. The molecule has 4 rings (SSSR count). The van der Waals surface area contributed by atoms with Gasteiger partial charge in [-0.2, -0.15) is 0 Å². The van der Waals surface area contributed by atoms with Crippen LogP contribution in [0.1, 0.15) is 32.1 Å². The molecule has 1 aliphatic rings. The summed E-state index contributed by atoms with van der Waals surface area (Å²) >= 11 is 1.68. The minimum atomic E-state index is -0.272. The van der Waals surface area contributed by atoms with Crippen molar-refractivity contribution in [1.82, 2.24) is 20.2 Å². The smallest absolute Gasteiger partial charge is 0.211 e. The second-order valence-electron chi connectivity index (χ2n) is 5.92. The topological polar surface area (TPSA) is 54.5 Å². The standard InChI is InChI=1S/C16H17FN4S/c17-11-6-7-13-12(8-11)14-15(18-13)19-16(21-20-14)22-9-10-4-2-1-3-5-10/h6-8,10H,1-5,9H2,(H,18,19,21). The SMILES string of the molecule is Fc1ccc2[nH]c3nc(SCC4CCCCC4)nnc3c2c1. The van der Waals surface area contributed by atoms with Crippen LogP contribution in [0, 0.1) is 11.7 Å². The van der Waals surface area contributed by atoms with Crippen molar-refractivity contribution < 1.29 is 4.39 Å². The first-order valence-corrected chi connectivity index (χ1v) is 8.72. The van der Waals surface area contributed by atoms with Gasteiger partial charge in [-0.1, -0.05) is 31.0 Å². The van der Waals surface area contributed by atoms with E-state index in [1.54, 1.807) is 17.8 Å². The quantitative estimate of drug-likeness (QED) is 0.731. The molecule has 1 aromatic carbocycles. The van der Waals surface area contributed by atoms with Gasteiger partial charge >= 0.3 is 0 Å². The monoisotopic (exact) mass is 316 g/mol. The molecule has 114 valence electrons. The lowest BCUT2D eigenvalue weighted by atomic mass is 9.91. The molecule has 1 N–H and O–H groups in total. The number of fused-ring (bicyclic) bond motifs is 3. The molecule has 4 nitrogen and oxygen atoms in total. The van der Waals surface area contributed by atoms with Crippen LogP contribution >= 0.6 is 11.8 Å². The third-order valence-corrected chi connectivity index (χ3v) is 5.40. The molecule has 2 heterocycles. The molecule has 0 bridgehead atoms. The molecule has 0 amide bonds. The number of H-pyrrole nitrogens is 1. The third kappa shape index (κ3) is 2.67. The zero-order valence-electron chi connectivity index (χ0n) is 12.2. The maximum Gasteiger partial charge on any atom is 0.211 e. The summed E-state index contributed by atoms with van der Waals surface area (Å²) < 4.78 is 13.4. The van der Waals surface area contributed by atoms with Crippen LogP contribution in [0.2, 0.25) is 0 Å². The molecule has 1 saturated carbocycles. The van der Waals surface area contributed by atoms with Crippen LogP contribution in [0.15, 0.2) is 23.4 Å². The molecule has 0 radical (unpaired) electrons. The third-order valence-electron chi connectivity index (χ3n) is 4.33. The predicted molar refractivity (Wildman–Crippen MR) is 86.4 cm³/mol. The summed E-state index contributed by atoms with van der Waals surface area (Å²) in [5.41, 5.74) is 2.16. The second kappa shape index (κ2) is 5.83. The van der Waals surface area contributed by atoms with Crippen LogP contribution in [0.3, 0.4) is 0 Å². The van der Waals surface area contributed by atoms with Gasteiger partial charge in [0, 0.05) is 16.7 Å². The Labute approximate surface area is 131 Å². The maximum atomic E-state index is 13.4. The van der Waals surface area contributed by atoms with Gasteiger partial charge in [-0.3, -0.25) is 0 Å². The fourth-order valence-corrected chi connectivity index (χ4v) is 4.11. The highest BCUT2D eigenvalue weighted by atomic mass is 32.2. The van der Waals surface area contributed by atoms with Gasteiger partial charge in [-0.25, -0.2) is 9.37 Å². The average Bonchev–Trinajstić information content (AvgIpc) is 2.91. The molecule has 22 heavy (non-hydrogen) atoms. The Hall–Kier alpha value is -1.69. The number of aromatic amines is 1. The van der Waals surface area contributed by atoms with Gasteiger partial charge in [0.2, 0.25) is 5.16 Å². The van der Waals surface area contributed by atoms with Gasteiger partial charge in [0.1, 0.15) is 11.3 Å². The predicted octanol–water partition coefficient (Wildman–Crippen LogP) is 4.32. The molecule has 0 unspecified atom stereocenters. The highest BCUT2D eigenvalue weighted by Crippen LogP contribution is 2.29. The van der Waals surface area contributed by atoms with Crippen molar-refractivity contribution >= 4 is 33.8 Å². The van der Waals surface area contributed by atoms with Crippen LogP contribution in [0.25, 0.3) is 22.1 Å². The van der Waals surface area contributed by atoms with E-state index in [-0.39, 0.29) is 5.82 Å². The molecule has 0 saturated heterocycles. The van der Waals surface area contributed by atoms with Crippen molar-refractivity contribution in [1.29, 1.82) is 0 Å². The van der Waals surface area contributed by atoms with Crippen molar-refractivity contribution in [3.8, 4) is 0 Å². The van der Waals surface area contributed by atoms with E-state index in [1.807, 2.05) is 0 Å². The van der Waals surface area contributed by atoms with Gasteiger partial charge in [0.05, 0.1) is 0 Å². The van der Waals surface area contributed by atoms with E-state index in [4.69, 9.17) is 0 Å². The lowest BCUT2D eigenvalue weighted by molar-refractivity contribution is 0.390. The first kappa shape index (κ1) is 13.9. The van der Waals surface area contributed by atoms with E-state index in [1.165, 1.54) is 44.2 Å². The number of rotatable bonds is 3. The summed E-state index contributed by atoms with van der Waals surface area (Å²) in [7, 11) is 0. The summed E-state index contributed by atoms with van der Waals surface area (Å²) in [5, 5.41) is 9.88. The molecular weight excluding hydrogens is 299 g/mol. The number of hydrogen-bond acceptors (Lipinski definition) is 4.